The molecule has 4 aromatic rings. The van der Waals surface area contributed by atoms with Crippen LogP contribution in [0.15, 0.2) is 66.2 Å². The third-order valence-corrected chi connectivity index (χ3v) is 5.64. The standard InChI is InChI=1S/C10H14O3.C8H9NO.2C8H12O/c1-4-12-10(11)9-6-5-8(13-9)7(2)3;1-6(2)8-4-3-7(5-9)10-8;2*1-6(2)8-5-4-7(3)9-8/h5-7H,4H2,1-3H3;3-4,6H,1-2H3;2*4-6H,1-3H3. The van der Waals surface area contributed by atoms with Crippen molar-refractivity contribution in [2.24, 2.45) is 0 Å². The van der Waals surface area contributed by atoms with Gasteiger partial charge in [0.25, 0.3) is 0 Å². The second-order valence-corrected chi connectivity index (χ2v) is 10.8. The quantitative estimate of drug-likeness (QED) is 0.214. The van der Waals surface area contributed by atoms with E-state index in [1.54, 1.807) is 25.1 Å². The average molecular weight is 566 g/mol. The molecule has 0 amide bonds. The molecule has 0 N–H and O–H groups in total. The Morgan fingerprint density at radius 3 is 1.32 bits per heavy atom. The minimum atomic E-state index is -0.394. The van der Waals surface area contributed by atoms with Crippen molar-refractivity contribution in [1.82, 2.24) is 0 Å². The van der Waals surface area contributed by atoms with Gasteiger partial charge >= 0.3 is 5.97 Å². The van der Waals surface area contributed by atoms with Crippen molar-refractivity contribution in [3.05, 3.63) is 94.6 Å². The van der Waals surface area contributed by atoms with Crippen LogP contribution in [0.4, 0.5) is 0 Å². The van der Waals surface area contributed by atoms with Crippen LogP contribution in [-0.4, -0.2) is 12.6 Å². The van der Waals surface area contributed by atoms with Crippen molar-refractivity contribution in [3.63, 3.8) is 0 Å². The van der Waals surface area contributed by atoms with Gasteiger partial charge in [-0.3, -0.25) is 0 Å². The van der Waals surface area contributed by atoms with Gasteiger partial charge in [0.15, 0.2) is 0 Å². The molecule has 0 aliphatic heterocycles. The van der Waals surface area contributed by atoms with Crippen LogP contribution in [0, 0.1) is 25.2 Å². The van der Waals surface area contributed by atoms with Crippen molar-refractivity contribution < 1.29 is 27.2 Å². The largest absolute Gasteiger partial charge is 0.466 e. The third-order valence-electron chi connectivity index (χ3n) is 5.64. The highest BCUT2D eigenvalue weighted by atomic mass is 16.5. The van der Waals surface area contributed by atoms with Gasteiger partial charge in [0.1, 0.15) is 40.6 Å². The summed E-state index contributed by atoms with van der Waals surface area (Å²) in [6, 6.07) is 17.0. The maximum absolute atomic E-state index is 11.2. The van der Waals surface area contributed by atoms with Gasteiger partial charge < -0.3 is 22.4 Å². The van der Waals surface area contributed by atoms with E-state index in [1.807, 2.05) is 77.9 Å². The fourth-order valence-corrected chi connectivity index (χ4v) is 3.23. The minimum absolute atomic E-state index is 0.283. The predicted octanol–water partition coefficient (Wildman–Crippen LogP) is 10.3. The maximum Gasteiger partial charge on any atom is 0.374 e. The van der Waals surface area contributed by atoms with Crippen molar-refractivity contribution >= 4 is 5.97 Å². The first-order chi connectivity index (χ1) is 19.3. The average Bonchev–Trinajstić information content (AvgIpc) is 3.72. The minimum Gasteiger partial charge on any atom is -0.466 e. The van der Waals surface area contributed by atoms with E-state index in [0.717, 1.165) is 34.6 Å². The van der Waals surface area contributed by atoms with Gasteiger partial charge in [-0.15, -0.1) is 0 Å². The molecular formula is C34H47NO6. The smallest absolute Gasteiger partial charge is 0.374 e. The summed E-state index contributed by atoms with van der Waals surface area (Å²) >= 11 is 0. The molecule has 7 heteroatoms. The Morgan fingerprint density at radius 2 is 1.05 bits per heavy atom. The van der Waals surface area contributed by atoms with Crippen molar-refractivity contribution in [2.45, 2.75) is 99.8 Å². The molecule has 0 aliphatic carbocycles. The highest BCUT2D eigenvalue weighted by molar-refractivity contribution is 5.86. The molecule has 0 bridgehead atoms. The Morgan fingerprint density at radius 1 is 0.659 bits per heavy atom. The number of hydrogen-bond donors (Lipinski definition) is 0. The van der Waals surface area contributed by atoms with Gasteiger partial charge in [0, 0.05) is 23.7 Å². The number of furan rings is 4. The van der Waals surface area contributed by atoms with Crippen LogP contribution in [-0.2, 0) is 4.74 Å². The second-order valence-electron chi connectivity index (χ2n) is 10.8. The first kappa shape index (κ1) is 35.1. The van der Waals surface area contributed by atoms with Gasteiger partial charge in [-0.2, -0.15) is 5.26 Å². The summed E-state index contributed by atoms with van der Waals surface area (Å²) in [7, 11) is 0. The van der Waals surface area contributed by atoms with Crippen LogP contribution in [0.1, 0.15) is 137 Å². The van der Waals surface area contributed by atoms with E-state index in [4.69, 9.17) is 27.7 Å². The maximum atomic E-state index is 11.2. The zero-order valence-electron chi connectivity index (χ0n) is 26.5. The van der Waals surface area contributed by atoms with Crippen LogP contribution in [0.2, 0.25) is 0 Å². The summed E-state index contributed by atoms with van der Waals surface area (Å²) in [5.41, 5.74) is 0. The lowest BCUT2D eigenvalue weighted by Crippen LogP contribution is -2.02. The highest BCUT2D eigenvalue weighted by Crippen LogP contribution is 2.19. The summed E-state index contributed by atoms with van der Waals surface area (Å²) in [5.74, 6) is 7.79. The van der Waals surface area contributed by atoms with Crippen LogP contribution < -0.4 is 0 Å². The molecule has 4 heterocycles. The monoisotopic (exact) mass is 565 g/mol. The van der Waals surface area contributed by atoms with E-state index >= 15 is 0 Å². The van der Waals surface area contributed by atoms with E-state index < -0.39 is 5.97 Å². The van der Waals surface area contributed by atoms with E-state index in [2.05, 4.69) is 27.7 Å². The lowest BCUT2D eigenvalue weighted by molar-refractivity contribution is 0.0487. The highest BCUT2D eigenvalue weighted by Gasteiger charge is 2.13. The molecule has 0 atom stereocenters. The number of esters is 1. The van der Waals surface area contributed by atoms with Crippen molar-refractivity contribution in [1.29, 1.82) is 5.26 Å². The third kappa shape index (κ3) is 12.9. The molecule has 0 fully saturated rings. The van der Waals surface area contributed by atoms with Crippen LogP contribution in [0.5, 0.6) is 0 Å². The number of nitriles is 1. The fraction of sp³-hybridized carbons (Fsp3) is 0.471. The Bertz CT molecular complexity index is 1280. The normalized spacial score (nSPS) is 10.4. The number of nitrogens with zero attached hydrogens (tertiary/aromatic N) is 1. The Kier molecular flexibility index (Phi) is 15.2. The molecule has 0 radical (unpaired) electrons. The molecule has 0 saturated heterocycles. The molecule has 0 aliphatic rings. The van der Waals surface area contributed by atoms with Gasteiger partial charge in [-0.1, -0.05) is 55.4 Å². The van der Waals surface area contributed by atoms with Gasteiger partial charge in [0.05, 0.1) is 6.61 Å². The lowest BCUT2D eigenvalue weighted by atomic mass is 10.2. The van der Waals surface area contributed by atoms with Gasteiger partial charge in [-0.25, -0.2) is 4.79 Å². The fourth-order valence-electron chi connectivity index (χ4n) is 3.23. The number of carbonyl (C=O) groups excluding carboxylic acids is 1. The molecule has 0 unspecified atom stereocenters. The summed E-state index contributed by atoms with van der Waals surface area (Å²) in [6.07, 6.45) is 0. The second kappa shape index (κ2) is 17.7. The Hall–Kier alpha value is -3.92. The number of hydrogen-bond acceptors (Lipinski definition) is 7. The Labute approximate surface area is 245 Å². The molecule has 41 heavy (non-hydrogen) atoms. The summed E-state index contributed by atoms with van der Waals surface area (Å²) in [6.45, 7) is 22.6. The topological polar surface area (TPSA) is 103 Å². The molecule has 4 rings (SSSR count). The first-order valence-corrected chi connectivity index (χ1v) is 14.2. The van der Waals surface area contributed by atoms with E-state index in [9.17, 15) is 4.79 Å². The summed E-state index contributed by atoms with van der Waals surface area (Å²) in [5, 5.41) is 8.39. The first-order valence-electron chi connectivity index (χ1n) is 14.2. The zero-order valence-corrected chi connectivity index (χ0v) is 26.5. The van der Waals surface area contributed by atoms with Crippen molar-refractivity contribution in [3.8, 4) is 6.07 Å². The lowest BCUT2D eigenvalue weighted by Gasteiger charge is -1.99. The number of carbonyl (C=O) groups is 1. The van der Waals surface area contributed by atoms with Crippen LogP contribution >= 0.6 is 0 Å². The number of aryl methyl sites for hydroxylation is 2. The van der Waals surface area contributed by atoms with E-state index in [1.165, 1.54) is 0 Å². The van der Waals surface area contributed by atoms with E-state index in [0.29, 0.717) is 36.0 Å². The molecular weight excluding hydrogens is 518 g/mol. The van der Waals surface area contributed by atoms with Crippen molar-refractivity contribution in [2.75, 3.05) is 6.61 Å². The molecule has 0 spiro atoms. The molecule has 4 aromatic heterocycles. The Balaban J connectivity index is 0.000000277. The number of rotatable bonds is 6. The predicted molar refractivity (Wildman–Crippen MR) is 161 cm³/mol. The molecule has 7 nitrogen and oxygen atoms in total. The number of ether oxygens (including phenoxy) is 1. The van der Waals surface area contributed by atoms with Crippen LogP contribution in [0.25, 0.3) is 0 Å². The summed E-state index contributed by atoms with van der Waals surface area (Å²) < 4.78 is 25.9. The molecule has 224 valence electrons. The van der Waals surface area contributed by atoms with Gasteiger partial charge in [0.2, 0.25) is 11.5 Å². The molecule has 0 aromatic carbocycles. The van der Waals surface area contributed by atoms with E-state index in [-0.39, 0.29) is 5.76 Å². The van der Waals surface area contributed by atoms with Gasteiger partial charge in [-0.05, 0) is 69.3 Å². The molecule has 0 saturated carbocycles. The van der Waals surface area contributed by atoms with Crippen LogP contribution in [0.3, 0.4) is 0 Å². The SMILES string of the molecule is CC(C)c1ccc(C#N)o1.CCOC(=O)c1ccc(C(C)C)o1.Cc1ccc(C(C)C)o1.Cc1ccc(C(C)C)o1. The zero-order chi connectivity index (χ0) is 31.1. The summed E-state index contributed by atoms with van der Waals surface area (Å²) in [4.78, 5) is 11.2.